The fraction of sp³-hybridized carbons (Fsp3) is 0.158. The molecule has 1 aliphatic rings. The van der Waals surface area contributed by atoms with Crippen molar-refractivity contribution in [3.05, 3.63) is 78.6 Å². The Morgan fingerprint density at radius 3 is 2.48 bits per heavy atom. The lowest BCUT2D eigenvalue weighted by atomic mass is 10.1. The number of halogens is 3. The third kappa shape index (κ3) is 5.27. The largest absolute Gasteiger partial charge is 0.418 e. The zero-order valence-electron chi connectivity index (χ0n) is 15.1. The van der Waals surface area contributed by atoms with Crippen molar-refractivity contribution in [1.82, 2.24) is 9.84 Å². The Morgan fingerprint density at radius 2 is 1.83 bits per heavy atom. The maximum atomic E-state index is 13.5. The van der Waals surface area contributed by atoms with Gasteiger partial charge in [-0.3, -0.25) is 5.43 Å². The average Bonchev–Trinajstić information content (AvgIpc) is 2.72. The van der Waals surface area contributed by atoms with Crippen molar-refractivity contribution in [2.24, 2.45) is 0 Å². The van der Waals surface area contributed by atoms with Crippen LogP contribution in [0.2, 0.25) is 0 Å². The van der Waals surface area contributed by atoms with Gasteiger partial charge < -0.3 is 5.32 Å². The van der Waals surface area contributed by atoms with E-state index in [1.807, 2.05) is 30.3 Å². The predicted octanol–water partition coefficient (Wildman–Crippen LogP) is 4.45. The summed E-state index contributed by atoms with van der Waals surface area (Å²) in [7, 11) is -4.17. The summed E-state index contributed by atoms with van der Waals surface area (Å²) in [6, 6.07) is 12.5. The molecule has 1 heterocycles. The third-order valence-electron chi connectivity index (χ3n) is 3.91. The number of hydrazine groups is 1. The van der Waals surface area contributed by atoms with Gasteiger partial charge in [0.15, 0.2) is 0 Å². The van der Waals surface area contributed by atoms with Crippen LogP contribution in [-0.2, 0) is 16.2 Å². The minimum Gasteiger partial charge on any atom is -0.384 e. The number of alkyl halides is 3. The summed E-state index contributed by atoms with van der Waals surface area (Å²) in [5.41, 5.74) is 1.28. The first-order valence-corrected chi connectivity index (χ1v) is 11.0. The second kappa shape index (κ2) is 8.83. The molecule has 0 radical (unpaired) electrons. The number of hydrogen-bond acceptors (Lipinski definition) is 5. The van der Waals surface area contributed by atoms with Gasteiger partial charge in [0.25, 0.3) is 10.0 Å². The van der Waals surface area contributed by atoms with E-state index in [-0.39, 0.29) is 12.2 Å². The highest BCUT2D eigenvalue weighted by Gasteiger charge is 2.35. The molecule has 1 aliphatic heterocycles. The Hall–Kier alpha value is -2.59. The summed E-state index contributed by atoms with van der Waals surface area (Å²) < 4.78 is 66.5. The summed E-state index contributed by atoms with van der Waals surface area (Å²) in [6.07, 6.45) is 0.899. The molecule has 29 heavy (non-hydrogen) atoms. The monoisotopic (exact) mass is 441 g/mol. The highest BCUT2D eigenvalue weighted by Crippen LogP contribution is 2.37. The number of anilines is 1. The smallest absolute Gasteiger partial charge is 0.384 e. The van der Waals surface area contributed by atoms with E-state index in [1.54, 1.807) is 6.08 Å². The highest BCUT2D eigenvalue weighted by atomic mass is 32.2. The average molecular weight is 442 g/mol. The highest BCUT2D eigenvalue weighted by molar-refractivity contribution is 7.99. The molecule has 0 unspecified atom stereocenters. The summed E-state index contributed by atoms with van der Waals surface area (Å²) in [5, 5.41) is 2.76. The maximum Gasteiger partial charge on any atom is 0.418 e. The molecule has 0 saturated heterocycles. The van der Waals surface area contributed by atoms with E-state index in [1.165, 1.54) is 30.2 Å². The number of nitrogens with one attached hydrogen (secondary N) is 2. The molecule has 0 spiro atoms. The van der Waals surface area contributed by atoms with Gasteiger partial charge in [-0.2, -0.15) is 26.0 Å². The lowest BCUT2D eigenvalue weighted by Crippen LogP contribution is -2.36. The Bertz CT molecular complexity index is 1010. The van der Waals surface area contributed by atoms with Crippen molar-refractivity contribution in [1.29, 1.82) is 0 Å². The first kappa shape index (κ1) is 21.1. The van der Waals surface area contributed by atoms with Crippen molar-refractivity contribution in [3.8, 4) is 0 Å². The molecule has 0 atom stereocenters. The Kier molecular flexibility index (Phi) is 6.43. The van der Waals surface area contributed by atoms with Crippen LogP contribution in [0.5, 0.6) is 0 Å². The van der Waals surface area contributed by atoms with Gasteiger partial charge >= 0.3 is 6.18 Å². The van der Waals surface area contributed by atoms with Gasteiger partial charge in [0, 0.05) is 35.3 Å². The molecule has 2 aromatic rings. The molecule has 3 rings (SSSR count). The van der Waals surface area contributed by atoms with Gasteiger partial charge in [-0.25, -0.2) is 0 Å². The first-order valence-electron chi connectivity index (χ1n) is 8.55. The molecular weight excluding hydrogens is 423 g/mol. The molecule has 0 aromatic heterocycles. The SMILES string of the molecule is O=S(=O)(c1ccc(NCCSc2ccccc2)c(C(F)(F)F)c1)N1C=CC=CN1. The van der Waals surface area contributed by atoms with E-state index in [4.69, 9.17) is 0 Å². The fourth-order valence-corrected chi connectivity index (χ4v) is 4.50. The minimum absolute atomic E-state index is 0.160. The van der Waals surface area contributed by atoms with E-state index in [0.717, 1.165) is 21.4 Å². The fourth-order valence-electron chi connectivity index (χ4n) is 2.55. The van der Waals surface area contributed by atoms with E-state index in [2.05, 4.69) is 10.7 Å². The third-order valence-corrected chi connectivity index (χ3v) is 6.52. The Balaban J connectivity index is 1.76. The normalized spacial score (nSPS) is 14.0. The molecule has 10 heteroatoms. The standard InChI is InChI=1S/C19H18F3N3O2S2/c20-19(21,22)17-14-16(29(26,27)25-12-5-4-10-24-25)8-9-18(17)23-11-13-28-15-6-2-1-3-7-15/h1-10,12,14,23-24H,11,13H2. The number of nitrogens with zero attached hydrogens (tertiary/aromatic N) is 1. The van der Waals surface area contributed by atoms with Gasteiger partial charge in [0.1, 0.15) is 0 Å². The van der Waals surface area contributed by atoms with Crippen LogP contribution in [0.15, 0.2) is 82.9 Å². The molecule has 2 N–H and O–H groups in total. The van der Waals surface area contributed by atoms with E-state index >= 15 is 0 Å². The van der Waals surface area contributed by atoms with Gasteiger partial charge in [0.2, 0.25) is 0 Å². The first-order chi connectivity index (χ1) is 13.8. The molecule has 0 bridgehead atoms. The quantitative estimate of drug-likeness (QED) is 0.491. The maximum absolute atomic E-state index is 13.5. The zero-order valence-corrected chi connectivity index (χ0v) is 16.7. The van der Waals surface area contributed by atoms with Crippen LogP contribution in [0.3, 0.4) is 0 Å². The number of thioether (sulfide) groups is 1. The Morgan fingerprint density at radius 1 is 1.07 bits per heavy atom. The lowest BCUT2D eigenvalue weighted by Gasteiger charge is -2.23. The molecule has 5 nitrogen and oxygen atoms in total. The van der Waals surface area contributed by atoms with Crippen LogP contribution in [0, 0.1) is 0 Å². The summed E-state index contributed by atoms with van der Waals surface area (Å²) in [5.74, 6) is 0.552. The van der Waals surface area contributed by atoms with Gasteiger partial charge in [-0.1, -0.05) is 18.2 Å². The summed E-state index contributed by atoms with van der Waals surface area (Å²) in [4.78, 5) is 0.560. The van der Waals surface area contributed by atoms with Gasteiger partial charge in [-0.15, -0.1) is 11.8 Å². The van der Waals surface area contributed by atoms with Crippen LogP contribution < -0.4 is 10.7 Å². The van der Waals surface area contributed by atoms with E-state index in [9.17, 15) is 21.6 Å². The van der Waals surface area contributed by atoms with E-state index in [0.29, 0.717) is 11.8 Å². The molecule has 0 saturated carbocycles. The van der Waals surface area contributed by atoms with Gasteiger partial charge in [-0.05, 0) is 42.5 Å². The van der Waals surface area contributed by atoms with Crippen molar-refractivity contribution >= 4 is 27.5 Å². The summed E-state index contributed by atoms with van der Waals surface area (Å²) in [6.45, 7) is 0.288. The van der Waals surface area contributed by atoms with Gasteiger partial charge in [0.05, 0.1) is 10.5 Å². The van der Waals surface area contributed by atoms with Crippen molar-refractivity contribution in [3.63, 3.8) is 0 Å². The second-order valence-electron chi connectivity index (χ2n) is 5.92. The molecule has 154 valence electrons. The van der Waals surface area contributed by atoms with Crippen LogP contribution in [0.4, 0.5) is 18.9 Å². The number of allylic oxidation sites excluding steroid dienone is 2. The molecule has 0 aliphatic carbocycles. The van der Waals surface area contributed by atoms with Crippen molar-refractivity contribution in [2.45, 2.75) is 16.0 Å². The van der Waals surface area contributed by atoms with Crippen LogP contribution in [0.25, 0.3) is 0 Å². The molecule has 0 fully saturated rings. The number of hydrogen-bond donors (Lipinski definition) is 2. The number of benzene rings is 2. The molecular formula is C19H18F3N3O2S2. The van der Waals surface area contributed by atoms with Crippen LogP contribution in [-0.4, -0.2) is 25.1 Å². The van der Waals surface area contributed by atoms with Crippen molar-refractivity contribution in [2.75, 3.05) is 17.6 Å². The Labute approximate surface area is 171 Å². The summed E-state index contributed by atoms with van der Waals surface area (Å²) >= 11 is 1.51. The topological polar surface area (TPSA) is 61.4 Å². The predicted molar refractivity (Wildman–Crippen MR) is 108 cm³/mol. The number of rotatable bonds is 7. The zero-order chi connectivity index (χ0) is 20.9. The lowest BCUT2D eigenvalue weighted by molar-refractivity contribution is -0.137. The molecule has 0 amide bonds. The number of sulfonamides is 1. The van der Waals surface area contributed by atoms with Crippen LogP contribution >= 0.6 is 11.8 Å². The minimum atomic E-state index is -4.70. The van der Waals surface area contributed by atoms with Crippen molar-refractivity contribution < 1.29 is 21.6 Å². The van der Waals surface area contributed by atoms with Crippen LogP contribution in [0.1, 0.15) is 5.56 Å². The second-order valence-corrected chi connectivity index (χ2v) is 8.91. The molecule has 2 aromatic carbocycles. The van der Waals surface area contributed by atoms with E-state index < -0.39 is 26.7 Å².